The third-order valence-corrected chi connectivity index (χ3v) is 3.14. The Hall–Kier alpha value is -2.08. The van der Waals surface area contributed by atoms with Gasteiger partial charge in [-0.05, 0) is 42.8 Å². The smallest absolute Gasteiger partial charge is 0.311 e. The molecule has 0 saturated carbocycles. The first-order chi connectivity index (χ1) is 9.45. The predicted octanol–water partition coefficient (Wildman–Crippen LogP) is 3.23. The molecule has 0 fully saturated rings. The van der Waals surface area contributed by atoms with Crippen LogP contribution < -0.4 is 5.32 Å². The van der Waals surface area contributed by atoms with Crippen LogP contribution >= 0.6 is 15.9 Å². The van der Waals surface area contributed by atoms with Crippen molar-refractivity contribution in [2.75, 3.05) is 5.32 Å². The second-order valence-electron chi connectivity index (χ2n) is 4.25. The lowest BCUT2D eigenvalue weighted by molar-refractivity contribution is -0.136. The quantitative estimate of drug-likeness (QED) is 0.897. The van der Waals surface area contributed by atoms with Crippen LogP contribution in [0.15, 0.2) is 39.2 Å². The van der Waals surface area contributed by atoms with Crippen molar-refractivity contribution in [1.82, 2.24) is 0 Å². The van der Waals surface area contributed by atoms with Crippen LogP contribution in [0.1, 0.15) is 21.9 Å². The molecule has 1 aromatic heterocycles. The highest BCUT2D eigenvalue weighted by molar-refractivity contribution is 9.10. The summed E-state index contributed by atoms with van der Waals surface area (Å²) in [6, 6.07) is 8.42. The van der Waals surface area contributed by atoms with Crippen molar-refractivity contribution >= 4 is 33.5 Å². The van der Waals surface area contributed by atoms with Gasteiger partial charge in [0.1, 0.15) is 12.2 Å². The highest BCUT2D eigenvalue weighted by Gasteiger charge is 2.14. The molecule has 2 aromatic rings. The van der Waals surface area contributed by atoms with Gasteiger partial charge in [-0.25, -0.2) is 0 Å². The minimum Gasteiger partial charge on any atom is -0.481 e. The first-order valence-corrected chi connectivity index (χ1v) is 6.63. The Bertz CT molecular complexity index is 663. The molecule has 0 spiro atoms. The number of aliphatic carboxylic acids is 1. The third kappa shape index (κ3) is 3.48. The van der Waals surface area contributed by atoms with Crippen LogP contribution in [-0.4, -0.2) is 17.0 Å². The average molecular weight is 338 g/mol. The number of nitrogens with one attached hydrogen (secondary N) is 1. The molecule has 1 aromatic carbocycles. The van der Waals surface area contributed by atoms with Gasteiger partial charge in [0.2, 0.25) is 0 Å². The number of carboxylic acid groups (broad SMARTS) is 1. The summed E-state index contributed by atoms with van der Waals surface area (Å²) < 4.78 is 6.12. The van der Waals surface area contributed by atoms with E-state index in [-0.39, 0.29) is 17.9 Å². The van der Waals surface area contributed by atoms with E-state index in [2.05, 4.69) is 21.2 Å². The largest absolute Gasteiger partial charge is 0.481 e. The van der Waals surface area contributed by atoms with Gasteiger partial charge >= 0.3 is 5.97 Å². The highest BCUT2D eigenvalue weighted by atomic mass is 79.9. The number of amides is 1. The molecule has 1 heterocycles. The lowest BCUT2D eigenvalue weighted by atomic mass is 10.2. The van der Waals surface area contributed by atoms with Crippen molar-refractivity contribution in [3.63, 3.8) is 0 Å². The number of anilines is 1. The van der Waals surface area contributed by atoms with Gasteiger partial charge in [-0.3, -0.25) is 9.59 Å². The van der Waals surface area contributed by atoms with E-state index in [1.54, 1.807) is 6.07 Å². The summed E-state index contributed by atoms with van der Waals surface area (Å²) in [6.07, 6.45) is -0.245. The lowest BCUT2D eigenvalue weighted by Crippen LogP contribution is -2.11. The number of hydrogen-bond acceptors (Lipinski definition) is 3. The van der Waals surface area contributed by atoms with Gasteiger partial charge in [-0.1, -0.05) is 15.9 Å². The van der Waals surface area contributed by atoms with Gasteiger partial charge < -0.3 is 14.8 Å². The van der Waals surface area contributed by atoms with Gasteiger partial charge in [0, 0.05) is 10.2 Å². The molecule has 0 bridgehead atoms. The van der Waals surface area contributed by atoms with E-state index < -0.39 is 11.9 Å². The number of carbonyl (C=O) groups is 2. The molecule has 2 rings (SSSR count). The number of halogens is 1. The lowest BCUT2D eigenvalue weighted by Gasteiger charge is -2.07. The number of rotatable bonds is 4. The number of carbonyl (C=O) groups excluding carboxylic acids is 1. The molecule has 20 heavy (non-hydrogen) atoms. The van der Waals surface area contributed by atoms with E-state index in [0.717, 1.165) is 10.0 Å². The van der Waals surface area contributed by atoms with Crippen molar-refractivity contribution < 1.29 is 19.1 Å². The van der Waals surface area contributed by atoms with Crippen LogP contribution in [0.2, 0.25) is 0 Å². The van der Waals surface area contributed by atoms with Crippen LogP contribution in [0, 0.1) is 6.92 Å². The van der Waals surface area contributed by atoms with Gasteiger partial charge in [0.25, 0.3) is 5.91 Å². The fourth-order valence-corrected chi connectivity index (χ4v) is 2.17. The summed E-state index contributed by atoms with van der Waals surface area (Å²) in [5, 5.41) is 11.4. The fraction of sp³-hybridized carbons (Fsp3) is 0.143. The van der Waals surface area contributed by atoms with Crippen LogP contribution in [0.25, 0.3) is 0 Å². The molecule has 0 unspecified atom stereocenters. The first-order valence-electron chi connectivity index (χ1n) is 5.83. The Morgan fingerprint density at radius 1 is 1.30 bits per heavy atom. The number of hydrogen-bond donors (Lipinski definition) is 2. The zero-order chi connectivity index (χ0) is 14.7. The Morgan fingerprint density at radius 3 is 2.70 bits per heavy atom. The monoisotopic (exact) mass is 337 g/mol. The molecule has 104 valence electrons. The van der Waals surface area contributed by atoms with Gasteiger partial charge in [0.05, 0.1) is 0 Å². The summed E-state index contributed by atoms with van der Waals surface area (Å²) in [7, 11) is 0. The molecule has 6 heteroatoms. The summed E-state index contributed by atoms with van der Waals surface area (Å²) in [4.78, 5) is 22.5. The Labute approximate surface area is 123 Å². The van der Waals surface area contributed by atoms with Crippen LogP contribution in [-0.2, 0) is 11.2 Å². The molecular weight excluding hydrogens is 326 g/mol. The minimum atomic E-state index is -1.00. The van der Waals surface area contributed by atoms with Crippen molar-refractivity contribution in [1.29, 1.82) is 0 Å². The van der Waals surface area contributed by atoms with Gasteiger partial charge in [-0.15, -0.1) is 0 Å². The van der Waals surface area contributed by atoms with E-state index in [4.69, 9.17) is 9.52 Å². The second-order valence-corrected chi connectivity index (χ2v) is 5.17. The second kappa shape index (κ2) is 5.92. The summed E-state index contributed by atoms with van der Waals surface area (Å²) in [6.45, 7) is 1.87. The van der Waals surface area contributed by atoms with E-state index in [1.165, 1.54) is 12.1 Å². The molecular formula is C14H12BrNO4. The standard InChI is InChI=1S/C14H12BrNO4/c1-8-6-9(15)2-4-11(8)16-14(19)12-5-3-10(20-12)7-13(17)18/h2-6H,7H2,1H3,(H,16,19)(H,17,18). The summed E-state index contributed by atoms with van der Waals surface area (Å²) in [5.41, 5.74) is 1.58. The van der Waals surface area contributed by atoms with Gasteiger partial charge in [0.15, 0.2) is 5.76 Å². The van der Waals surface area contributed by atoms with E-state index in [1.807, 2.05) is 19.1 Å². The number of carboxylic acids is 1. The van der Waals surface area contributed by atoms with Crippen molar-refractivity contribution in [3.05, 3.63) is 51.9 Å². The van der Waals surface area contributed by atoms with Crippen LogP contribution in [0.3, 0.4) is 0 Å². The summed E-state index contributed by atoms with van der Waals surface area (Å²) >= 11 is 3.35. The molecule has 5 nitrogen and oxygen atoms in total. The minimum absolute atomic E-state index is 0.0866. The number of aryl methyl sites for hydroxylation is 1. The first kappa shape index (κ1) is 14.3. The zero-order valence-corrected chi connectivity index (χ0v) is 12.2. The van der Waals surface area contributed by atoms with E-state index >= 15 is 0 Å². The molecule has 0 aliphatic carbocycles. The maximum atomic E-state index is 12.0. The molecule has 0 radical (unpaired) electrons. The average Bonchev–Trinajstić information content (AvgIpc) is 2.80. The maximum Gasteiger partial charge on any atom is 0.311 e. The predicted molar refractivity (Wildman–Crippen MR) is 76.9 cm³/mol. The molecule has 0 saturated heterocycles. The molecule has 0 aliphatic heterocycles. The SMILES string of the molecule is Cc1cc(Br)ccc1NC(=O)c1ccc(CC(=O)O)o1. The van der Waals surface area contributed by atoms with Crippen molar-refractivity contribution in [2.24, 2.45) is 0 Å². The molecule has 0 aliphatic rings. The number of benzene rings is 1. The normalized spacial score (nSPS) is 10.3. The molecule has 0 atom stereocenters. The van der Waals surface area contributed by atoms with Crippen molar-refractivity contribution in [3.8, 4) is 0 Å². The number of furan rings is 1. The Kier molecular flexibility index (Phi) is 4.24. The highest BCUT2D eigenvalue weighted by Crippen LogP contribution is 2.21. The zero-order valence-electron chi connectivity index (χ0n) is 10.6. The van der Waals surface area contributed by atoms with Gasteiger partial charge in [-0.2, -0.15) is 0 Å². The molecule has 1 amide bonds. The topological polar surface area (TPSA) is 79.5 Å². The Morgan fingerprint density at radius 2 is 2.05 bits per heavy atom. The maximum absolute atomic E-state index is 12.0. The fourth-order valence-electron chi connectivity index (χ4n) is 1.70. The van der Waals surface area contributed by atoms with Crippen molar-refractivity contribution in [2.45, 2.75) is 13.3 Å². The van der Waals surface area contributed by atoms with Crippen LogP contribution in [0.4, 0.5) is 5.69 Å². The molecule has 2 N–H and O–H groups in total. The van der Waals surface area contributed by atoms with E-state index in [9.17, 15) is 9.59 Å². The van der Waals surface area contributed by atoms with E-state index in [0.29, 0.717) is 5.69 Å². The van der Waals surface area contributed by atoms with Crippen LogP contribution in [0.5, 0.6) is 0 Å². The summed E-state index contributed by atoms with van der Waals surface area (Å²) in [5.74, 6) is -1.08. The third-order valence-electron chi connectivity index (χ3n) is 2.65. The Balaban J connectivity index is 2.11.